The van der Waals surface area contributed by atoms with Crippen LogP contribution in [-0.2, 0) is 0 Å². The fraction of sp³-hybridized carbons (Fsp3) is 0.133. The maximum Gasteiger partial charge on any atom is 0.115 e. The lowest BCUT2D eigenvalue weighted by molar-refractivity contribution is 0.475. The number of benzene rings is 2. The number of hydrogen-bond acceptors (Lipinski definition) is 3. The molecular formula is C15H13BrN2O. The Bertz CT molecular complexity index is 637. The standard InChI is InChI=1S/C15H13BrN2O/c16-10-3-6-14-12(7-10)13(8-18-14)15(17)9-1-4-11(19)5-2-9/h1-7,13,17-19H,8H2. The van der Waals surface area contributed by atoms with Crippen molar-refractivity contribution >= 4 is 27.3 Å². The minimum atomic E-state index is 0.0528. The van der Waals surface area contributed by atoms with E-state index in [1.54, 1.807) is 24.3 Å². The van der Waals surface area contributed by atoms with Gasteiger partial charge in [0, 0.05) is 28.3 Å². The maximum absolute atomic E-state index is 9.31. The van der Waals surface area contributed by atoms with Crippen LogP contribution in [0.1, 0.15) is 17.0 Å². The molecule has 3 nitrogen and oxygen atoms in total. The van der Waals surface area contributed by atoms with E-state index >= 15 is 0 Å². The summed E-state index contributed by atoms with van der Waals surface area (Å²) in [6.45, 7) is 0.742. The van der Waals surface area contributed by atoms with Crippen LogP contribution in [0.25, 0.3) is 0 Å². The summed E-state index contributed by atoms with van der Waals surface area (Å²) in [6.07, 6.45) is 0. The lowest BCUT2D eigenvalue weighted by Crippen LogP contribution is -2.14. The molecule has 0 aromatic heterocycles. The number of phenolic OH excluding ortho intramolecular Hbond substituents is 1. The quantitative estimate of drug-likeness (QED) is 0.739. The molecule has 0 aliphatic carbocycles. The van der Waals surface area contributed by atoms with Crippen LogP contribution < -0.4 is 5.32 Å². The number of nitrogens with one attached hydrogen (secondary N) is 2. The molecule has 0 bridgehead atoms. The number of aromatic hydroxyl groups is 1. The molecule has 0 saturated heterocycles. The van der Waals surface area contributed by atoms with Crippen molar-refractivity contribution in [2.45, 2.75) is 5.92 Å². The highest BCUT2D eigenvalue weighted by molar-refractivity contribution is 9.10. The van der Waals surface area contributed by atoms with Crippen LogP contribution in [0, 0.1) is 5.41 Å². The molecular weight excluding hydrogens is 304 g/mol. The zero-order valence-electron chi connectivity index (χ0n) is 10.2. The summed E-state index contributed by atoms with van der Waals surface area (Å²) in [7, 11) is 0. The minimum Gasteiger partial charge on any atom is -0.508 e. The van der Waals surface area contributed by atoms with E-state index in [1.807, 2.05) is 12.1 Å². The van der Waals surface area contributed by atoms with Crippen LogP contribution in [0.15, 0.2) is 46.9 Å². The molecule has 1 aliphatic heterocycles. The molecule has 96 valence electrons. The van der Waals surface area contributed by atoms with E-state index < -0.39 is 0 Å². The van der Waals surface area contributed by atoms with E-state index in [2.05, 4.69) is 27.3 Å². The van der Waals surface area contributed by atoms with Gasteiger partial charge in [-0.1, -0.05) is 15.9 Å². The average molecular weight is 317 g/mol. The maximum atomic E-state index is 9.31. The van der Waals surface area contributed by atoms with Gasteiger partial charge in [0.15, 0.2) is 0 Å². The van der Waals surface area contributed by atoms with E-state index in [4.69, 9.17) is 5.41 Å². The molecule has 2 aromatic rings. The number of hydrogen-bond donors (Lipinski definition) is 3. The summed E-state index contributed by atoms with van der Waals surface area (Å²) in [5.41, 5.74) is 3.66. The highest BCUT2D eigenvalue weighted by Gasteiger charge is 2.26. The number of rotatable bonds is 2. The third-order valence-corrected chi connectivity index (χ3v) is 3.91. The Kier molecular flexibility index (Phi) is 3.03. The summed E-state index contributed by atoms with van der Waals surface area (Å²) >= 11 is 3.48. The van der Waals surface area contributed by atoms with Gasteiger partial charge in [-0.15, -0.1) is 0 Å². The minimum absolute atomic E-state index is 0.0528. The largest absolute Gasteiger partial charge is 0.508 e. The second-order valence-corrected chi connectivity index (χ2v) is 5.54. The Morgan fingerprint density at radius 2 is 1.95 bits per heavy atom. The van der Waals surface area contributed by atoms with Gasteiger partial charge in [-0.25, -0.2) is 0 Å². The van der Waals surface area contributed by atoms with E-state index in [0.717, 1.165) is 27.8 Å². The zero-order valence-corrected chi connectivity index (χ0v) is 11.7. The van der Waals surface area contributed by atoms with Crippen molar-refractivity contribution in [3.05, 3.63) is 58.1 Å². The Morgan fingerprint density at radius 3 is 2.68 bits per heavy atom. The number of phenols is 1. The van der Waals surface area contributed by atoms with Gasteiger partial charge in [0.25, 0.3) is 0 Å². The van der Waals surface area contributed by atoms with E-state index in [1.165, 1.54) is 0 Å². The Hall–Kier alpha value is -1.81. The van der Waals surface area contributed by atoms with Crippen molar-refractivity contribution in [2.24, 2.45) is 0 Å². The van der Waals surface area contributed by atoms with E-state index in [-0.39, 0.29) is 11.7 Å². The molecule has 3 N–H and O–H groups in total. The van der Waals surface area contributed by atoms with Crippen LogP contribution >= 0.6 is 15.9 Å². The Balaban J connectivity index is 1.95. The van der Waals surface area contributed by atoms with Crippen molar-refractivity contribution in [2.75, 3.05) is 11.9 Å². The van der Waals surface area contributed by atoms with Crippen LogP contribution in [0.4, 0.5) is 5.69 Å². The van der Waals surface area contributed by atoms with Gasteiger partial charge < -0.3 is 15.8 Å². The molecule has 1 heterocycles. The summed E-state index contributed by atoms with van der Waals surface area (Å²) in [5, 5.41) is 21.0. The zero-order chi connectivity index (χ0) is 13.4. The van der Waals surface area contributed by atoms with E-state index in [0.29, 0.717) is 5.71 Å². The average Bonchev–Trinajstić information content (AvgIpc) is 2.81. The van der Waals surface area contributed by atoms with Crippen molar-refractivity contribution in [1.29, 1.82) is 5.41 Å². The van der Waals surface area contributed by atoms with Gasteiger partial charge in [0.2, 0.25) is 0 Å². The number of halogens is 1. The summed E-state index contributed by atoms with van der Waals surface area (Å²) in [6, 6.07) is 12.9. The molecule has 0 saturated carbocycles. The fourth-order valence-corrected chi connectivity index (χ4v) is 2.78. The summed E-state index contributed by atoms with van der Waals surface area (Å²) in [4.78, 5) is 0. The number of anilines is 1. The van der Waals surface area contributed by atoms with Gasteiger partial charge in [-0.3, -0.25) is 0 Å². The molecule has 1 unspecified atom stereocenters. The van der Waals surface area contributed by atoms with Crippen LogP contribution in [0.2, 0.25) is 0 Å². The third kappa shape index (κ3) is 2.24. The van der Waals surface area contributed by atoms with Gasteiger partial charge in [0.05, 0.1) is 0 Å². The Labute approximate surface area is 119 Å². The van der Waals surface area contributed by atoms with Crippen molar-refractivity contribution in [3.8, 4) is 5.75 Å². The molecule has 1 aliphatic rings. The summed E-state index contributed by atoms with van der Waals surface area (Å²) < 4.78 is 1.03. The highest BCUT2D eigenvalue weighted by Crippen LogP contribution is 2.35. The van der Waals surface area contributed by atoms with Crippen LogP contribution in [0.3, 0.4) is 0 Å². The molecule has 0 fully saturated rings. The molecule has 19 heavy (non-hydrogen) atoms. The predicted octanol–water partition coefficient (Wildman–Crippen LogP) is 3.73. The fourth-order valence-electron chi connectivity index (χ4n) is 2.40. The van der Waals surface area contributed by atoms with Gasteiger partial charge in [0.1, 0.15) is 5.75 Å². The molecule has 0 radical (unpaired) electrons. The highest BCUT2D eigenvalue weighted by atomic mass is 79.9. The monoisotopic (exact) mass is 316 g/mol. The molecule has 0 spiro atoms. The van der Waals surface area contributed by atoms with Crippen molar-refractivity contribution < 1.29 is 5.11 Å². The first-order chi connectivity index (χ1) is 9.15. The van der Waals surface area contributed by atoms with Gasteiger partial charge >= 0.3 is 0 Å². The number of fused-ring (bicyclic) bond motifs is 1. The molecule has 1 atom stereocenters. The topological polar surface area (TPSA) is 56.1 Å². The first-order valence-electron chi connectivity index (χ1n) is 6.06. The third-order valence-electron chi connectivity index (χ3n) is 3.41. The second kappa shape index (κ2) is 4.70. The molecule has 4 heteroatoms. The lowest BCUT2D eigenvalue weighted by Gasteiger charge is -2.12. The van der Waals surface area contributed by atoms with E-state index in [9.17, 15) is 5.11 Å². The second-order valence-electron chi connectivity index (χ2n) is 4.63. The predicted molar refractivity (Wildman–Crippen MR) is 80.3 cm³/mol. The lowest BCUT2D eigenvalue weighted by atomic mass is 9.91. The molecule has 3 rings (SSSR count). The molecule has 0 amide bonds. The van der Waals surface area contributed by atoms with Crippen LogP contribution in [-0.4, -0.2) is 17.4 Å². The first kappa shape index (κ1) is 12.2. The summed E-state index contributed by atoms with van der Waals surface area (Å²) in [5.74, 6) is 0.279. The van der Waals surface area contributed by atoms with Crippen LogP contribution in [0.5, 0.6) is 5.75 Å². The normalized spacial score (nSPS) is 16.8. The van der Waals surface area contributed by atoms with Gasteiger partial charge in [-0.05, 0) is 53.6 Å². The van der Waals surface area contributed by atoms with Gasteiger partial charge in [-0.2, -0.15) is 0 Å². The van der Waals surface area contributed by atoms with Crippen molar-refractivity contribution in [3.63, 3.8) is 0 Å². The van der Waals surface area contributed by atoms with Crippen molar-refractivity contribution in [1.82, 2.24) is 0 Å². The SMILES string of the molecule is N=C(c1ccc(O)cc1)C1CNc2ccc(Br)cc21. The Morgan fingerprint density at radius 1 is 1.21 bits per heavy atom. The smallest absolute Gasteiger partial charge is 0.115 e. The first-order valence-corrected chi connectivity index (χ1v) is 6.85. The molecule has 2 aromatic carbocycles.